The first kappa shape index (κ1) is 10.9. The fourth-order valence-electron chi connectivity index (χ4n) is 2.08. The minimum atomic E-state index is -0.379. The Hall–Kier alpha value is -1.56. The van der Waals surface area contributed by atoms with Crippen molar-refractivity contribution in [2.24, 2.45) is 10.7 Å². The fourth-order valence-corrected chi connectivity index (χ4v) is 2.08. The van der Waals surface area contributed by atoms with Crippen molar-refractivity contribution in [2.45, 2.75) is 5.54 Å². The van der Waals surface area contributed by atoms with Gasteiger partial charge >= 0.3 is 6.09 Å². The number of nitrogens with one attached hydrogen (secondary N) is 1. The molecule has 0 bridgehead atoms. The molecule has 2 aliphatic rings. The van der Waals surface area contributed by atoms with Crippen molar-refractivity contribution >= 4 is 11.8 Å². The van der Waals surface area contributed by atoms with Crippen LogP contribution in [0.15, 0.2) is 17.3 Å². The van der Waals surface area contributed by atoms with E-state index < -0.39 is 0 Å². The molecule has 0 saturated carbocycles. The molecule has 0 aliphatic carbocycles. The zero-order valence-electron chi connectivity index (χ0n) is 9.27. The average Bonchev–Trinajstić information content (AvgIpc) is 2.49. The summed E-state index contributed by atoms with van der Waals surface area (Å²) in [5.74, 6) is 0. The van der Waals surface area contributed by atoms with E-state index in [1.54, 1.807) is 6.08 Å². The Bertz CT molecular complexity index is 358. The molecule has 3 N–H and O–H groups in total. The predicted octanol–water partition coefficient (Wildman–Crippen LogP) is -0.430. The van der Waals surface area contributed by atoms with Gasteiger partial charge in [-0.25, -0.2) is 4.79 Å². The molecule has 6 heteroatoms. The number of nitrogens with two attached hydrogens (primary N) is 1. The number of cyclic esters (lactones) is 1. The standard InChI is InChI=1S/C10H16N4O2.H2/c1-14-4-8(2-3-11)12-5-10(6-14)7-16-9(15)13-10;/h2-3H,4-7,11H2,1H3,(H,13,15);1H/b3-2-;. The molecule has 0 aromatic carbocycles. The van der Waals surface area contributed by atoms with Crippen LogP contribution < -0.4 is 11.1 Å². The summed E-state index contributed by atoms with van der Waals surface area (Å²) < 4.78 is 4.96. The topological polar surface area (TPSA) is 79.9 Å². The van der Waals surface area contributed by atoms with E-state index in [-0.39, 0.29) is 13.1 Å². The molecular weight excluding hydrogens is 208 g/mol. The van der Waals surface area contributed by atoms with E-state index in [1.165, 1.54) is 6.20 Å². The molecule has 1 unspecified atom stereocenters. The van der Waals surface area contributed by atoms with Crippen LogP contribution in [0.4, 0.5) is 4.79 Å². The molecule has 0 aromatic rings. The van der Waals surface area contributed by atoms with E-state index in [0.717, 1.165) is 18.8 Å². The molecular formula is C10H18N4O2. The number of rotatable bonds is 1. The van der Waals surface area contributed by atoms with Crippen LogP contribution in [-0.2, 0) is 4.74 Å². The Morgan fingerprint density at radius 3 is 3.19 bits per heavy atom. The molecule has 2 aliphatic heterocycles. The summed E-state index contributed by atoms with van der Waals surface area (Å²) in [5, 5.41) is 2.84. The van der Waals surface area contributed by atoms with E-state index in [2.05, 4.69) is 15.2 Å². The first-order chi connectivity index (χ1) is 7.63. The molecule has 1 saturated heterocycles. The van der Waals surface area contributed by atoms with E-state index in [0.29, 0.717) is 13.2 Å². The van der Waals surface area contributed by atoms with Crippen molar-refractivity contribution in [1.82, 2.24) is 10.2 Å². The van der Waals surface area contributed by atoms with Crippen LogP contribution in [0.2, 0.25) is 0 Å². The first-order valence-electron chi connectivity index (χ1n) is 5.19. The second kappa shape index (κ2) is 4.13. The van der Waals surface area contributed by atoms with Gasteiger partial charge in [0, 0.05) is 14.5 Å². The van der Waals surface area contributed by atoms with Gasteiger partial charge in [0.1, 0.15) is 12.1 Å². The van der Waals surface area contributed by atoms with Crippen molar-refractivity contribution < 1.29 is 11.0 Å². The number of likely N-dealkylation sites (N-methyl/N-ethyl adjacent to an activating group) is 1. The molecule has 90 valence electrons. The van der Waals surface area contributed by atoms with Gasteiger partial charge in [-0.1, -0.05) is 0 Å². The van der Waals surface area contributed by atoms with Crippen molar-refractivity contribution in [3.63, 3.8) is 0 Å². The predicted molar refractivity (Wildman–Crippen MR) is 62.5 cm³/mol. The Morgan fingerprint density at radius 1 is 1.75 bits per heavy atom. The van der Waals surface area contributed by atoms with Crippen LogP contribution in [0.25, 0.3) is 0 Å². The Kier molecular flexibility index (Phi) is 2.82. The van der Waals surface area contributed by atoms with E-state index in [4.69, 9.17) is 10.5 Å². The van der Waals surface area contributed by atoms with Gasteiger partial charge in [-0.05, 0) is 19.3 Å². The molecule has 1 fully saturated rings. The van der Waals surface area contributed by atoms with Crippen LogP contribution in [0.1, 0.15) is 1.43 Å². The third kappa shape index (κ3) is 2.16. The Balaban J connectivity index is 0.00000144. The highest BCUT2D eigenvalue weighted by molar-refractivity contribution is 5.96. The maximum atomic E-state index is 11.1. The summed E-state index contributed by atoms with van der Waals surface area (Å²) in [6.07, 6.45) is 2.91. The fraction of sp³-hybridized carbons (Fsp3) is 0.600. The molecule has 1 spiro atoms. The van der Waals surface area contributed by atoms with Gasteiger partial charge in [0.05, 0.1) is 12.3 Å². The minimum Gasteiger partial charge on any atom is -0.447 e. The summed E-state index contributed by atoms with van der Waals surface area (Å²) in [7, 11) is 1.98. The number of carbonyl (C=O) groups is 1. The zero-order chi connectivity index (χ0) is 11.6. The molecule has 0 aromatic heterocycles. The van der Waals surface area contributed by atoms with Crippen LogP contribution in [0, 0.1) is 0 Å². The normalized spacial score (nSPS) is 31.3. The second-order valence-corrected chi connectivity index (χ2v) is 4.32. The van der Waals surface area contributed by atoms with Gasteiger partial charge in [-0.15, -0.1) is 0 Å². The summed E-state index contributed by atoms with van der Waals surface area (Å²) >= 11 is 0. The number of ether oxygens (including phenoxy) is 1. The van der Waals surface area contributed by atoms with Crippen molar-refractivity contribution in [1.29, 1.82) is 0 Å². The van der Waals surface area contributed by atoms with Crippen LogP contribution >= 0.6 is 0 Å². The van der Waals surface area contributed by atoms with Crippen LogP contribution in [-0.4, -0.2) is 55.5 Å². The number of amides is 1. The number of hydrogen-bond acceptors (Lipinski definition) is 5. The Labute approximate surface area is 95.6 Å². The van der Waals surface area contributed by atoms with Gasteiger partial charge in [0.25, 0.3) is 0 Å². The molecule has 1 amide bonds. The lowest BCUT2D eigenvalue weighted by Crippen LogP contribution is -2.53. The number of aliphatic imine (C=N–C) groups is 1. The quantitative estimate of drug-likeness (QED) is 0.636. The van der Waals surface area contributed by atoms with Crippen molar-refractivity contribution in [3.8, 4) is 0 Å². The smallest absolute Gasteiger partial charge is 0.407 e. The SMILES string of the molecule is CN1CC(/C=C\N)=NCC2(COC(=O)N2)C1.[HH]. The molecule has 2 heterocycles. The van der Waals surface area contributed by atoms with E-state index in [9.17, 15) is 4.79 Å². The first-order valence-corrected chi connectivity index (χ1v) is 5.19. The number of alkyl carbamates (subject to hydrolysis) is 1. The second-order valence-electron chi connectivity index (χ2n) is 4.32. The van der Waals surface area contributed by atoms with Gasteiger partial charge in [-0.3, -0.25) is 9.89 Å². The Morgan fingerprint density at radius 2 is 2.56 bits per heavy atom. The molecule has 2 rings (SSSR count). The van der Waals surface area contributed by atoms with Gasteiger partial charge in [0.15, 0.2) is 0 Å². The summed E-state index contributed by atoms with van der Waals surface area (Å²) in [5.41, 5.74) is 5.89. The molecule has 6 nitrogen and oxygen atoms in total. The minimum absolute atomic E-state index is 0. The third-order valence-electron chi connectivity index (χ3n) is 2.72. The third-order valence-corrected chi connectivity index (χ3v) is 2.72. The van der Waals surface area contributed by atoms with E-state index in [1.807, 2.05) is 7.05 Å². The van der Waals surface area contributed by atoms with Crippen LogP contribution in [0.3, 0.4) is 0 Å². The van der Waals surface area contributed by atoms with Crippen molar-refractivity contribution in [2.75, 3.05) is 33.3 Å². The monoisotopic (exact) mass is 226 g/mol. The maximum absolute atomic E-state index is 11.1. The highest BCUT2D eigenvalue weighted by Gasteiger charge is 2.41. The maximum Gasteiger partial charge on any atom is 0.407 e. The highest BCUT2D eigenvalue weighted by atomic mass is 16.6. The lowest BCUT2D eigenvalue weighted by atomic mass is 10.0. The summed E-state index contributed by atoms with van der Waals surface area (Å²) in [4.78, 5) is 17.7. The summed E-state index contributed by atoms with van der Waals surface area (Å²) in [6.45, 7) is 2.36. The lowest BCUT2D eigenvalue weighted by Gasteiger charge is -2.27. The van der Waals surface area contributed by atoms with Crippen molar-refractivity contribution in [3.05, 3.63) is 12.3 Å². The largest absolute Gasteiger partial charge is 0.447 e. The lowest BCUT2D eigenvalue weighted by molar-refractivity contribution is 0.167. The molecule has 1 atom stereocenters. The van der Waals surface area contributed by atoms with Gasteiger partial charge in [0.2, 0.25) is 0 Å². The number of carbonyl (C=O) groups excluding carboxylic acids is 1. The van der Waals surface area contributed by atoms with Gasteiger partial charge < -0.3 is 15.8 Å². The van der Waals surface area contributed by atoms with E-state index >= 15 is 0 Å². The summed E-state index contributed by atoms with van der Waals surface area (Å²) in [6, 6.07) is 0. The number of hydrogen-bond donors (Lipinski definition) is 2. The molecule has 0 radical (unpaired) electrons. The van der Waals surface area contributed by atoms with Crippen LogP contribution in [0.5, 0.6) is 0 Å². The zero-order valence-corrected chi connectivity index (χ0v) is 9.27. The average molecular weight is 226 g/mol. The molecule has 16 heavy (non-hydrogen) atoms. The highest BCUT2D eigenvalue weighted by Crippen LogP contribution is 2.17. The number of nitrogens with zero attached hydrogens (tertiary/aromatic N) is 2. The van der Waals surface area contributed by atoms with Gasteiger partial charge in [-0.2, -0.15) is 0 Å².